The quantitative estimate of drug-likeness (QED) is 0.754. The smallest absolute Gasteiger partial charge is 0.223 e. The van der Waals surface area contributed by atoms with Crippen LogP contribution in [0.5, 0.6) is 0 Å². The summed E-state index contributed by atoms with van der Waals surface area (Å²) in [7, 11) is 0. The number of thiazole rings is 1. The van der Waals surface area contributed by atoms with Gasteiger partial charge in [0.25, 0.3) is 0 Å². The van der Waals surface area contributed by atoms with Crippen LogP contribution < -0.4 is 15.5 Å². The number of aryl methyl sites for hydroxylation is 1. The fraction of sp³-hybridized carbons (Fsp3) is 0.733. The topological polar surface area (TPSA) is 57.3 Å². The summed E-state index contributed by atoms with van der Waals surface area (Å²) in [5, 5.41) is 9.50. The summed E-state index contributed by atoms with van der Waals surface area (Å²) in [6, 6.07) is 0. The molecule has 1 aromatic rings. The maximum atomic E-state index is 12.1. The van der Waals surface area contributed by atoms with Gasteiger partial charge in [0.15, 0.2) is 5.13 Å². The maximum Gasteiger partial charge on any atom is 0.223 e. The first-order chi connectivity index (χ1) is 10.2. The molecule has 1 saturated heterocycles. The second-order valence-corrected chi connectivity index (χ2v) is 6.41. The summed E-state index contributed by atoms with van der Waals surface area (Å²) in [6.07, 6.45) is 2.97. The lowest BCUT2D eigenvalue weighted by Crippen LogP contribution is -2.42. The van der Waals surface area contributed by atoms with E-state index >= 15 is 0 Å². The van der Waals surface area contributed by atoms with Crippen molar-refractivity contribution >= 4 is 22.4 Å². The fourth-order valence-electron chi connectivity index (χ4n) is 2.54. The van der Waals surface area contributed by atoms with Gasteiger partial charge >= 0.3 is 0 Å². The van der Waals surface area contributed by atoms with Crippen LogP contribution in [0.15, 0.2) is 5.38 Å². The summed E-state index contributed by atoms with van der Waals surface area (Å²) in [5.74, 6) is 0.372. The van der Waals surface area contributed by atoms with Gasteiger partial charge in [0, 0.05) is 37.5 Å². The fourth-order valence-corrected chi connectivity index (χ4v) is 3.40. The van der Waals surface area contributed by atoms with Gasteiger partial charge < -0.3 is 15.5 Å². The van der Waals surface area contributed by atoms with Crippen molar-refractivity contribution in [1.82, 2.24) is 15.6 Å². The predicted molar refractivity (Wildman–Crippen MR) is 88.0 cm³/mol. The number of carbonyl (C=O) groups excluding carboxylic acids is 1. The van der Waals surface area contributed by atoms with Crippen LogP contribution in [0.2, 0.25) is 0 Å². The van der Waals surface area contributed by atoms with E-state index in [-0.39, 0.29) is 11.8 Å². The van der Waals surface area contributed by atoms with E-state index in [0.29, 0.717) is 0 Å². The van der Waals surface area contributed by atoms with Gasteiger partial charge in [0.2, 0.25) is 5.91 Å². The van der Waals surface area contributed by atoms with Crippen molar-refractivity contribution in [3.05, 3.63) is 11.1 Å². The Morgan fingerprint density at radius 3 is 2.76 bits per heavy atom. The van der Waals surface area contributed by atoms with Crippen molar-refractivity contribution in [2.75, 3.05) is 37.6 Å². The molecule has 2 N–H and O–H groups in total. The number of hydrogen-bond donors (Lipinski definition) is 2. The van der Waals surface area contributed by atoms with Gasteiger partial charge in [-0.2, -0.15) is 0 Å². The molecule has 118 valence electrons. The van der Waals surface area contributed by atoms with E-state index in [9.17, 15) is 4.79 Å². The van der Waals surface area contributed by atoms with Crippen LogP contribution in [-0.4, -0.2) is 43.6 Å². The molecule has 0 atom stereocenters. The molecule has 1 aromatic heterocycles. The lowest BCUT2D eigenvalue weighted by molar-refractivity contribution is -0.125. The van der Waals surface area contributed by atoms with E-state index in [0.717, 1.165) is 62.8 Å². The van der Waals surface area contributed by atoms with E-state index in [4.69, 9.17) is 0 Å². The summed E-state index contributed by atoms with van der Waals surface area (Å²) in [4.78, 5) is 18.9. The minimum atomic E-state index is 0.161. The average molecular weight is 310 g/mol. The third kappa shape index (κ3) is 4.97. The molecule has 0 bridgehead atoms. The monoisotopic (exact) mass is 310 g/mol. The Hall–Kier alpha value is -1.14. The van der Waals surface area contributed by atoms with Crippen LogP contribution in [0.3, 0.4) is 0 Å². The second kappa shape index (κ2) is 8.34. The molecular formula is C15H26N4OS. The third-order valence-corrected chi connectivity index (χ3v) is 4.79. The van der Waals surface area contributed by atoms with Crippen molar-refractivity contribution < 1.29 is 4.79 Å². The highest BCUT2D eigenvalue weighted by molar-refractivity contribution is 7.13. The Labute approximate surface area is 131 Å². The van der Waals surface area contributed by atoms with E-state index in [1.54, 1.807) is 11.3 Å². The molecule has 0 radical (unpaired) electrons. The SMILES string of the molecule is CCCNCCNC(=O)C1CCN(c2nc(C)cs2)CC1. The molecule has 5 nitrogen and oxygen atoms in total. The number of nitrogens with zero attached hydrogens (tertiary/aromatic N) is 2. The zero-order valence-electron chi connectivity index (χ0n) is 13.0. The molecule has 1 aliphatic rings. The Balaban J connectivity index is 1.67. The van der Waals surface area contributed by atoms with Gasteiger partial charge in [-0.1, -0.05) is 6.92 Å². The number of hydrogen-bond acceptors (Lipinski definition) is 5. The van der Waals surface area contributed by atoms with Crippen LogP contribution in [0.1, 0.15) is 31.9 Å². The highest BCUT2D eigenvalue weighted by atomic mass is 32.1. The lowest BCUT2D eigenvalue weighted by Gasteiger charge is -2.31. The summed E-state index contributed by atoms with van der Waals surface area (Å²) < 4.78 is 0. The van der Waals surface area contributed by atoms with Crippen LogP contribution >= 0.6 is 11.3 Å². The predicted octanol–water partition coefficient (Wildman–Crippen LogP) is 1.78. The van der Waals surface area contributed by atoms with Crippen LogP contribution in [0, 0.1) is 12.8 Å². The minimum Gasteiger partial charge on any atom is -0.355 e. The number of amides is 1. The Morgan fingerprint density at radius 1 is 1.38 bits per heavy atom. The normalized spacial score (nSPS) is 16.2. The molecule has 2 rings (SSSR count). The van der Waals surface area contributed by atoms with Gasteiger partial charge in [-0.25, -0.2) is 4.98 Å². The van der Waals surface area contributed by atoms with Crippen molar-refractivity contribution in [3.8, 4) is 0 Å². The van der Waals surface area contributed by atoms with Gasteiger partial charge in [-0.15, -0.1) is 11.3 Å². The first-order valence-corrected chi connectivity index (χ1v) is 8.74. The molecule has 6 heteroatoms. The van der Waals surface area contributed by atoms with E-state index in [1.165, 1.54) is 0 Å². The molecule has 0 aliphatic carbocycles. The third-order valence-electron chi connectivity index (χ3n) is 3.77. The molecule has 0 saturated carbocycles. The molecule has 0 aromatic carbocycles. The summed E-state index contributed by atoms with van der Waals surface area (Å²) in [5.41, 5.74) is 1.08. The molecule has 0 unspecified atom stereocenters. The zero-order valence-corrected chi connectivity index (χ0v) is 13.8. The highest BCUT2D eigenvalue weighted by Gasteiger charge is 2.25. The van der Waals surface area contributed by atoms with Gasteiger partial charge in [0.05, 0.1) is 5.69 Å². The Kier molecular flexibility index (Phi) is 6.45. The molecule has 1 fully saturated rings. The van der Waals surface area contributed by atoms with Gasteiger partial charge in [-0.05, 0) is 32.7 Å². The number of nitrogens with one attached hydrogen (secondary N) is 2. The highest BCUT2D eigenvalue weighted by Crippen LogP contribution is 2.26. The summed E-state index contributed by atoms with van der Waals surface area (Å²) >= 11 is 1.69. The molecule has 0 spiro atoms. The van der Waals surface area contributed by atoms with Crippen LogP contribution in [-0.2, 0) is 4.79 Å². The van der Waals surface area contributed by atoms with Crippen LogP contribution in [0.4, 0.5) is 5.13 Å². The van der Waals surface area contributed by atoms with Crippen molar-refractivity contribution in [2.24, 2.45) is 5.92 Å². The Morgan fingerprint density at radius 2 is 2.14 bits per heavy atom. The standard InChI is InChI=1S/C15H26N4OS/c1-3-6-16-7-8-17-14(20)13-4-9-19(10-5-13)15-18-12(2)11-21-15/h11,13,16H,3-10H2,1-2H3,(H,17,20). The van der Waals surface area contributed by atoms with Crippen LogP contribution in [0.25, 0.3) is 0 Å². The van der Waals surface area contributed by atoms with Gasteiger partial charge in [0.1, 0.15) is 0 Å². The first-order valence-electron chi connectivity index (χ1n) is 7.86. The zero-order chi connectivity index (χ0) is 15.1. The maximum absolute atomic E-state index is 12.1. The molecule has 2 heterocycles. The molecular weight excluding hydrogens is 284 g/mol. The first kappa shape index (κ1) is 16.2. The van der Waals surface area contributed by atoms with E-state index < -0.39 is 0 Å². The molecule has 1 amide bonds. The lowest BCUT2D eigenvalue weighted by atomic mass is 9.96. The summed E-state index contributed by atoms with van der Waals surface area (Å²) in [6.45, 7) is 8.62. The van der Waals surface area contributed by atoms with Crippen molar-refractivity contribution in [2.45, 2.75) is 33.1 Å². The Bertz CT molecular complexity index is 441. The number of carbonyl (C=O) groups is 1. The molecule has 21 heavy (non-hydrogen) atoms. The second-order valence-electron chi connectivity index (χ2n) is 5.57. The average Bonchev–Trinajstić information content (AvgIpc) is 2.93. The van der Waals surface area contributed by atoms with Crippen molar-refractivity contribution in [3.63, 3.8) is 0 Å². The number of piperidine rings is 1. The largest absolute Gasteiger partial charge is 0.355 e. The van der Waals surface area contributed by atoms with Crippen molar-refractivity contribution in [1.29, 1.82) is 0 Å². The van der Waals surface area contributed by atoms with E-state index in [2.05, 4.69) is 32.8 Å². The number of rotatable bonds is 7. The minimum absolute atomic E-state index is 0.161. The number of aromatic nitrogens is 1. The molecule has 1 aliphatic heterocycles. The van der Waals surface area contributed by atoms with E-state index in [1.807, 2.05) is 6.92 Å². The van der Waals surface area contributed by atoms with Gasteiger partial charge in [-0.3, -0.25) is 4.79 Å². The number of anilines is 1.